The van der Waals surface area contributed by atoms with E-state index >= 15 is 0 Å². The third-order valence-corrected chi connectivity index (χ3v) is 6.94. The minimum Gasteiger partial charge on any atom is -0.283 e. The van der Waals surface area contributed by atoms with Crippen molar-refractivity contribution in [3.8, 4) is 5.82 Å². The Morgan fingerprint density at radius 2 is 1.69 bits per heavy atom. The average molecular weight is 407 g/mol. The number of imidazole rings is 1. The summed E-state index contributed by atoms with van der Waals surface area (Å²) < 4.78 is 29.5. The molecule has 29 heavy (non-hydrogen) atoms. The number of nitrogens with zero attached hydrogens (tertiary/aromatic N) is 4. The zero-order chi connectivity index (χ0) is 20.6. The van der Waals surface area contributed by atoms with E-state index in [4.69, 9.17) is 0 Å². The van der Waals surface area contributed by atoms with Crippen LogP contribution in [0.2, 0.25) is 0 Å². The Morgan fingerprint density at radius 3 is 2.34 bits per heavy atom. The highest BCUT2D eigenvalue weighted by atomic mass is 32.2. The summed E-state index contributed by atoms with van der Waals surface area (Å²) in [6.07, 6.45) is 3.12. The van der Waals surface area contributed by atoms with Gasteiger partial charge in [0, 0.05) is 12.7 Å². The first kappa shape index (κ1) is 19.1. The van der Waals surface area contributed by atoms with E-state index in [0.29, 0.717) is 18.1 Å². The van der Waals surface area contributed by atoms with Crippen molar-refractivity contribution in [2.75, 3.05) is 10.8 Å². The van der Waals surface area contributed by atoms with Gasteiger partial charge in [-0.2, -0.15) is 0 Å². The topological polar surface area (TPSA) is 68.1 Å². The normalized spacial score (nSPS) is 11.7. The molecule has 4 aromatic rings. The van der Waals surface area contributed by atoms with Gasteiger partial charge < -0.3 is 0 Å². The van der Waals surface area contributed by atoms with Crippen LogP contribution in [0.1, 0.15) is 18.1 Å². The zero-order valence-corrected chi connectivity index (χ0v) is 17.4. The maximum atomic E-state index is 13.1. The molecule has 0 aliphatic carbocycles. The first-order valence-electron chi connectivity index (χ1n) is 9.40. The quantitative estimate of drug-likeness (QED) is 0.497. The standard InChI is InChI=1S/C22H22N4O2S/c1-4-26(18-8-6-5-7-9-18)29(27,28)19-10-11-22(23-14-19)25-15-24-20-12-16(2)17(3)13-21(20)25/h5-15H,4H2,1-3H3. The molecular formula is C22H22N4O2S. The molecule has 0 unspecified atom stereocenters. The number of aromatic nitrogens is 3. The maximum Gasteiger partial charge on any atom is 0.265 e. The molecule has 0 bridgehead atoms. The molecular weight excluding hydrogens is 384 g/mol. The van der Waals surface area contributed by atoms with Gasteiger partial charge in [-0.15, -0.1) is 0 Å². The largest absolute Gasteiger partial charge is 0.283 e. The Bertz CT molecular complexity index is 1260. The van der Waals surface area contributed by atoms with Crippen molar-refractivity contribution in [3.63, 3.8) is 0 Å². The molecule has 0 aliphatic heterocycles. The van der Waals surface area contributed by atoms with Crippen molar-refractivity contribution < 1.29 is 8.42 Å². The molecule has 0 atom stereocenters. The molecule has 2 aromatic carbocycles. The molecule has 6 nitrogen and oxygen atoms in total. The van der Waals surface area contributed by atoms with Gasteiger partial charge >= 0.3 is 0 Å². The van der Waals surface area contributed by atoms with Crippen LogP contribution in [0, 0.1) is 13.8 Å². The first-order valence-corrected chi connectivity index (χ1v) is 10.8. The number of para-hydroxylation sites is 1. The molecule has 7 heteroatoms. The number of sulfonamides is 1. The van der Waals surface area contributed by atoms with Crippen LogP contribution in [0.4, 0.5) is 5.69 Å². The van der Waals surface area contributed by atoms with Gasteiger partial charge in [0.2, 0.25) is 0 Å². The molecule has 0 fully saturated rings. The van der Waals surface area contributed by atoms with Gasteiger partial charge in [-0.05, 0) is 68.3 Å². The highest BCUT2D eigenvalue weighted by Crippen LogP contribution is 2.25. The molecule has 0 aliphatic rings. The number of pyridine rings is 1. The highest BCUT2D eigenvalue weighted by Gasteiger charge is 2.24. The third kappa shape index (κ3) is 3.38. The Labute approximate surface area is 170 Å². The van der Waals surface area contributed by atoms with Crippen LogP contribution in [0.5, 0.6) is 0 Å². The molecule has 148 valence electrons. The molecule has 0 spiro atoms. The smallest absolute Gasteiger partial charge is 0.265 e. The van der Waals surface area contributed by atoms with Crippen molar-refractivity contribution in [2.45, 2.75) is 25.7 Å². The number of benzene rings is 2. The number of hydrogen-bond donors (Lipinski definition) is 0. The molecule has 0 N–H and O–H groups in total. The lowest BCUT2D eigenvalue weighted by molar-refractivity contribution is 0.591. The van der Waals surface area contributed by atoms with E-state index in [2.05, 4.69) is 29.9 Å². The minimum absolute atomic E-state index is 0.156. The van der Waals surface area contributed by atoms with E-state index in [1.54, 1.807) is 30.6 Å². The minimum atomic E-state index is -3.70. The molecule has 0 amide bonds. The van der Waals surface area contributed by atoms with Crippen LogP contribution < -0.4 is 4.31 Å². The van der Waals surface area contributed by atoms with Gasteiger partial charge in [0.25, 0.3) is 10.0 Å². The van der Waals surface area contributed by atoms with Crippen molar-refractivity contribution in [1.29, 1.82) is 0 Å². The first-order chi connectivity index (χ1) is 13.9. The van der Waals surface area contributed by atoms with Gasteiger partial charge in [-0.3, -0.25) is 8.87 Å². The maximum absolute atomic E-state index is 13.1. The average Bonchev–Trinajstić information content (AvgIpc) is 3.12. The molecule has 2 aromatic heterocycles. The predicted octanol–water partition coefficient (Wildman–Crippen LogP) is 4.25. The zero-order valence-electron chi connectivity index (χ0n) is 16.6. The van der Waals surface area contributed by atoms with Gasteiger partial charge in [-0.1, -0.05) is 18.2 Å². The van der Waals surface area contributed by atoms with Crippen molar-refractivity contribution in [3.05, 3.63) is 78.2 Å². The van der Waals surface area contributed by atoms with Crippen LogP contribution in [0.15, 0.2) is 72.0 Å². The van der Waals surface area contributed by atoms with Gasteiger partial charge in [0.05, 0.1) is 16.7 Å². The third-order valence-electron chi connectivity index (χ3n) is 5.05. The lowest BCUT2D eigenvalue weighted by atomic mass is 10.1. The number of anilines is 1. The fourth-order valence-electron chi connectivity index (χ4n) is 3.33. The number of hydrogen-bond acceptors (Lipinski definition) is 4. The van der Waals surface area contributed by atoms with Crippen LogP contribution in [0.25, 0.3) is 16.9 Å². The summed E-state index contributed by atoms with van der Waals surface area (Å²) in [5.41, 5.74) is 4.80. The van der Waals surface area contributed by atoms with E-state index in [-0.39, 0.29) is 4.90 Å². The second-order valence-electron chi connectivity index (χ2n) is 6.90. The Balaban J connectivity index is 1.72. The summed E-state index contributed by atoms with van der Waals surface area (Å²) in [6.45, 7) is 6.25. The summed E-state index contributed by atoms with van der Waals surface area (Å²) in [7, 11) is -3.70. The molecule has 0 radical (unpaired) electrons. The van der Waals surface area contributed by atoms with E-state index < -0.39 is 10.0 Å². The van der Waals surface area contributed by atoms with E-state index in [9.17, 15) is 8.42 Å². The fourth-order valence-corrected chi connectivity index (χ4v) is 4.75. The summed E-state index contributed by atoms with van der Waals surface area (Å²) >= 11 is 0. The summed E-state index contributed by atoms with van der Waals surface area (Å²) in [5, 5.41) is 0. The van der Waals surface area contributed by atoms with Gasteiger partial charge in [-0.25, -0.2) is 18.4 Å². The number of fused-ring (bicyclic) bond motifs is 1. The Hall–Kier alpha value is -3.19. The molecule has 4 rings (SSSR count). The van der Waals surface area contributed by atoms with E-state index in [1.165, 1.54) is 21.6 Å². The molecule has 0 saturated heterocycles. The Morgan fingerprint density at radius 1 is 0.966 bits per heavy atom. The van der Waals surface area contributed by atoms with Crippen LogP contribution in [0.3, 0.4) is 0 Å². The summed E-state index contributed by atoms with van der Waals surface area (Å²) in [4.78, 5) is 9.02. The second kappa shape index (κ2) is 7.33. The van der Waals surface area contributed by atoms with Crippen LogP contribution in [-0.2, 0) is 10.0 Å². The summed E-state index contributed by atoms with van der Waals surface area (Å²) in [5.74, 6) is 0.623. The molecule has 2 heterocycles. The van der Waals surface area contributed by atoms with Crippen molar-refractivity contribution >= 4 is 26.7 Å². The van der Waals surface area contributed by atoms with Crippen molar-refractivity contribution in [2.24, 2.45) is 0 Å². The van der Waals surface area contributed by atoms with Crippen LogP contribution >= 0.6 is 0 Å². The fraction of sp³-hybridized carbons (Fsp3) is 0.182. The number of rotatable bonds is 5. The van der Waals surface area contributed by atoms with Gasteiger partial charge in [0.1, 0.15) is 17.0 Å². The highest BCUT2D eigenvalue weighted by molar-refractivity contribution is 7.92. The van der Waals surface area contributed by atoms with Crippen molar-refractivity contribution in [1.82, 2.24) is 14.5 Å². The SMILES string of the molecule is CCN(c1ccccc1)S(=O)(=O)c1ccc(-n2cnc3cc(C)c(C)cc32)nc1. The lowest BCUT2D eigenvalue weighted by Gasteiger charge is -2.22. The second-order valence-corrected chi connectivity index (χ2v) is 8.76. The van der Waals surface area contributed by atoms with Gasteiger partial charge in [0.15, 0.2) is 0 Å². The molecule has 0 saturated carbocycles. The van der Waals surface area contributed by atoms with E-state index in [0.717, 1.165) is 11.0 Å². The predicted molar refractivity (Wildman–Crippen MR) is 115 cm³/mol. The summed E-state index contributed by atoms with van der Waals surface area (Å²) in [6, 6.07) is 16.5. The lowest BCUT2D eigenvalue weighted by Crippen LogP contribution is -2.30. The van der Waals surface area contributed by atoms with E-state index in [1.807, 2.05) is 35.8 Å². The Kier molecular flexibility index (Phi) is 4.84. The monoisotopic (exact) mass is 406 g/mol. The van der Waals surface area contributed by atoms with Crippen LogP contribution in [-0.4, -0.2) is 29.5 Å². The number of aryl methyl sites for hydroxylation is 2.